The van der Waals surface area contributed by atoms with E-state index in [4.69, 9.17) is 0 Å². The summed E-state index contributed by atoms with van der Waals surface area (Å²) in [7, 11) is -2.42. The van der Waals surface area contributed by atoms with Gasteiger partial charge in [-0.05, 0) is 19.3 Å². The number of aryl methyl sites for hydroxylation is 1. The maximum absolute atomic E-state index is 11.8. The molecule has 0 fully saturated rings. The van der Waals surface area contributed by atoms with Gasteiger partial charge in [-0.25, -0.2) is 8.42 Å². The highest BCUT2D eigenvalue weighted by Gasteiger charge is 2.15. The molecule has 0 saturated carbocycles. The number of amides is 1. The van der Waals surface area contributed by atoms with E-state index in [0.29, 0.717) is 6.42 Å². The Kier molecular flexibility index (Phi) is 16.2. The van der Waals surface area contributed by atoms with E-state index in [2.05, 4.69) is 30.1 Å². The highest BCUT2D eigenvalue weighted by molar-refractivity contribution is 7.90. The Labute approximate surface area is 198 Å². The van der Waals surface area contributed by atoms with Gasteiger partial charge in [-0.2, -0.15) is 5.21 Å². The summed E-state index contributed by atoms with van der Waals surface area (Å²) in [5.74, 6) is -0.380. The number of ether oxygens (including phenoxy) is 1. The van der Waals surface area contributed by atoms with E-state index in [-0.39, 0.29) is 25.0 Å². The number of rotatable bonds is 21. The molecule has 1 aromatic heterocycles. The molecule has 0 aliphatic heterocycles. The van der Waals surface area contributed by atoms with E-state index in [9.17, 15) is 18.0 Å². The molecule has 1 aromatic rings. The second-order valence-corrected chi connectivity index (χ2v) is 10.3. The fraction of sp³-hybridized carbons (Fsp3) is 0.864. The van der Waals surface area contributed by atoms with Gasteiger partial charge in [0.15, 0.2) is 5.82 Å². The molecule has 2 N–H and O–H groups in total. The van der Waals surface area contributed by atoms with Gasteiger partial charge in [-0.3, -0.25) is 14.3 Å². The molecular formula is C22H41N5O5S. The number of H-pyrrole nitrogens is 1. The summed E-state index contributed by atoms with van der Waals surface area (Å²) in [4.78, 5) is 22.8. The second-order valence-electron chi connectivity index (χ2n) is 8.45. The van der Waals surface area contributed by atoms with Crippen LogP contribution in [0.25, 0.3) is 0 Å². The number of carbonyl (C=O) groups is 2. The van der Waals surface area contributed by atoms with Crippen LogP contribution < -0.4 is 4.72 Å². The van der Waals surface area contributed by atoms with E-state index in [0.717, 1.165) is 37.9 Å². The van der Waals surface area contributed by atoms with Gasteiger partial charge in [0.1, 0.15) is 0 Å². The number of hydrogen-bond acceptors (Lipinski definition) is 8. The lowest BCUT2D eigenvalue weighted by atomic mass is 10.0. The van der Waals surface area contributed by atoms with Crippen molar-refractivity contribution >= 4 is 21.9 Å². The van der Waals surface area contributed by atoms with Crippen molar-refractivity contribution < 1.29 is 22.7 Å². The van der Waals surface area contributed by atoms with E-state index >= 15 is 0 Å². The summed E-state index contributed by atoms with van der Waals surface area (Å²) < 4.78 is 30.2. The predicted molar refractivity (Wildman–Crippen MR) is 126 cm³/mol. The van der Waals surface area contributed by atoms with Crippen LogP contribution in [0.5, 0.6) is 0 Å². The molecule has 0 atom stereocenters. The van der Waals surface area contributed by atoms with Crippen LogP contribution in [0.4, 0.5) is 0 Å². The summed E-state index contributed by atoms with van der Waals surface area (Å²) in [5, 5.41) is 13.9. The molecule has 0 aliphatic carbocycles. The molecule has 0 saturated heterocycles. The molecule has 190 valence electrons. The van der Waals surface area contributed by atoms with Crippen molar-refractivity contribution in [2.24, 2.45) is 0 Å². The Morgan fingerprint density at radius 3 is 1.88 bits per heavy atom. The van der Waals surface area contributed by atoms with Gasteiger partial charge in [0.25, 0.3) is 0 Å². The average molecular weight is 488 g/mol. The van der Waals surface area contributed by atoms with E-state index in [1.165, 1.54) is 58.5 Å². The molecule has 0 unspecified atom stereocenters. The Bertz CT molecular complexity index is 740. The van der Waals surface area contributed by atoms with Crippen molar-refractivity contribution in [3.8, 4) is 0 Å². The lowest BCUT2D eigenvalue weighted by Crippen LogP contribution is -2.32. The molecule has 1 rings (SSSR count). The Balaban J connectivity index is 1.83. The van der Waals surface area contributed by atoms with E-state index in [1.54, 1.807) is 0 Å². The molecule has 11 heteroatoms. The highest BCUT2D eigenvalue weighted by Crippen LogP contribution is 2.13. The summed E-state index contributed by atoms with van der Waals surface area (Å²) >= 11 is 0. The number of unbranched alkanes of at least 4 members (excludes halogenated alkanes) is 12. The van der Waals surface area contributed by atoms with Gasteiger partial charge >= 0.3 is 5.97 Å². The Hall–Kier alpha value is -2.04. The van der Waals surface area contributed by atoms with Crippen LogP contribution in [0, 0.1) is 0 Å². The number of aromatic nitrogens is 4. The number of methoxy groups -OCH3 is 1. The quantitative estimate of drug-likeness (QED) is 0.198. The van der Waals surface area contributed by atoms with Crippen LogP contribution >= 0.6 is 0 Å². The number of nitrogens with one attached hydrogen (secondary N) is 2. The molecule has 0 aliphatic rings. The lowest BCUT2D eigenvalue weighted by Gasteiger charge is -2.07. The molecule has 0 aromatic carbocycles. The third-order valence-electron chi connectivity index (χ3n) is 5.48. The minimum Gasteiger partial charge on any atom is -0.469 e. The highest BCUT2D eigenvalue weighted by atomic mass is 32.2. The standard InChI is InChI=1S/C22H41N5O5S/c1-32-22(29)18-15-19-33(30,31)25-21(28)17-14-12-10-8-6-4-2-3-5-7-9-11-13-16-20-23-26-27-24-20/h2-19H2,1H3,(H,25,28)(H,23,24,26,27). The summed E-state index contributed by atoms with van der Waals surface area (Å²) in [6, 6.07) is 0. The largest absolute Gasteiger partial charge is 0.469 e. The van der Waals surface area contributed by atoms with Gasteiger partial charge in [0.2, 0.25) is 15.9 Å². The molecule has 0 radical (unpaired) electrons. The normalized spacial score (nSPS) is 11.4. The average Bonchev–Trinajstić information content (AvgIpc) is 3.29. The van der Waals surface area contributed by atoms with Crippen molar-refractivity contribution in [3.05, 3.63) is 5.82 Å². The Morgan fingerprint density at radius 2 is 1.36 bits per heavy atom. The lowest BCUT2D eigenvalue weighted by molar-refractivity contribution is -0.140. The molecule has 1 heterocycles. The minimum atomic E-state index is -3.68. The van der Waals surface area contributed by atoms with Gasteiger partial charge in [-0.1, -0.05) is 75.8 Å². The van der Waals surface area contributed by atoms with Crippen molar-refractivity contribution in [1.82, 2.24) is 25.3 Å². The number of esters is 1. The smallest absolute Gasteiger partial charge is 0.305 e. The summed E-state index contributed by atoms with van der Waals surface area (Å²) in [6.45, 7) is 0. The summed E-state index contributed by atoms with van der Waals surface area (Å²) in [6.07, 6.45) is 16.3. The zero-order valence-corrected chi connectivity index (χ0v) is 20.8. The maximum Gasteiger partial charge on any atom is 0.305 e. The molecule has 0 bridgehead atoms. The van der Waals surface area contributed by atoms with Crippen molar-refractivity contribution in [1.29, 1.82) is 0 Å². The first-order valence-corrected chi connectivity index (χ1v) is 13.9. The molecule has 33 heavy (non-hydrogen) atoms. The van der Waals surface area contributed by atoms with Crippen molar-refractivity contribution in [3.63, 3.8) is 0 Å². The van der Waals surface area contributed by atoms with Crippen LogP contribution in [-0.4, -0.2) is 53.8 Å². The SMILES string of the molecule is COC(=O)CCCS(=O)(=O)NC(=O)CCCCCCCCCCCCCCCc1nn[nH]n1. The van der Waals surface area contributed by atoms with Crippen LogP contribution in [-0.2, 0) is 30.8 Å². The van der Waals surface area contributed by atoms with Gasteiger partial charge < -0.3 is 4.74 Å². The number of aromatic amines is 1. The zero-order valence-electron chi connectivity index (χ0n) is 20.0. The monoisotopic (exact) mass is 487 g/mol. The van der Waals surface area contributed by atoms with E-state index < -0.39 is 21.9 Å². The van der Waals surface area contributed by atoms with Gasteiger partial charge in [-0.15, -0.1) is 10.2 Å². The van der Waals surface area contributed by atoms with E-state index in [1.807, 2.05) is 0 Å². The van der Waals surface area contributed by atoms with Crippen molar-refractivity contribution in [2.45, 2.75) is 109 Å². The number of hydrogen-bond donors (Lipinski definition) is 2. The molecule has 0 spiro atoms. The maximum atomic E-state index is 11.8. The van der Waals surface area contributed by atoms with Gasteiger partial charge in [0, 0.05) is 19.3 Å². The molecule has 1 amide bonds. The van der Waals surface area contributed by atoms with Crippen LogP contribution in [0.15, 0.2) is 0 Å². The third-order valence-corrected chi connectivity index (χ3v) is 6.85. The van der Waals surface area contributed by atoms with Crippen molar-refractivity contribution in [2.75, 3.05) is 12.9 Å². The van der Waals surface area contributed by atoms with Crippen LogP contribution in [0.3, 0.4) is 0 Å². The number of carbonyl (C=O) groups excluding carboxylic acids is 2. The fourth-order valence-corrected chi connectivity index (χ4v) is 4.66. The number of nitrogens with zero attached hydrogens (tertiary/aromatic N) is 3. The summed E-state index contributed by atoms with van der Waals surface area (Å²) in [5.41, 5.74) is 0. The first-order valence-electron chi connectivity index (χ1n) is 12.3. The molecular weight excluding hydrogens is 446 g/mol. The number of tetrazole rings is 1. The molecule has 10 nitrogen and oxygen atoms in total. The van der Waals surface area contributed by atoms with Crippen LogP contribution in [0.1, 0.15) is 109 Å². The zero-order chi connectivity index (χ0) is 24.2. The first-order chi connectivity index (χ1) is 15.9. The van der Waals surface area contributed by atoms with Gasteiger partial charge in [0.05, 0.1) is 12.9 Å². The Morgan fingerprint density at radius 1 is 0.818 bits per heavy atom. The topological polar surface area (TPSA) is 144 Å². The second kappa shape index (κ2) is 18.4. The van der Waals surface area contributed by atoms with Crippen LogP contribution in [0.2, 0.25) is 0 Å². The first kappa shape index (κ1) is 29.0. The fourth-order valence-electron chi connectivity index (χ4n) is 3.59. The predicted octanol–water partition coefficient (Wildman–Crippen LogP) is 3.60. The minimum absolute atomic E-state index is 0.0230. The number of sulfonamides is 1. The third kappa shape index (κ3) is 17.1.